The second-order valence-electron chi connectivity index (χ2n) is 9.07. The second-order valence-corrected chi connectivity index (χ2v) is 9.07. The number of hydrogen-bond donors (Lipinski definition) is 2. The molecule has 0 aliphatic rings. The number of fused-ring (bicyclic) bond motifs is 2. The van der Waals surface area contributed by atoms with Gasteiger partial charge in [0.2, 0.25) is 11.9 Å². The van der Waals surface area contributed by atoms with Gasteiger partial charge in [0.15, 0.2) is 0 Å². The van der Waals surface area contributed by atoms with Gasteiger partial charge in [-0.05, 0) is 63.1 Å². The van der Waals surface area contributed by atoms with E-state index in [0.717, 1.165) is 47.4 Å². The van der Waals surface area contributed by atoms with Gasteiger partial charge in [-0.3, -0.25) is 19.6 Å². The molecule has 196 valence electrons. The fourth-order valence-electron chi connectivity index (χ4n) is 4.70. The van der Waals surface area contributed by atoms with E-state index in [1.54, 1.807) is 30.0 Å². The first-order valence-electron chi connectivity index (χ1n) is 12.5. The number of primary amides is 1. The van der Waals surface area contributed by atoms with Crippen LogP contribution < -0.4 is 15.8 Å². The highest BCUT2D eigenvalue weighted by Crippen LogP contribution is 2.25. The average Bonchev–Trinajstić information content (AvgIpc) is 3.60. The summed E-state index contributed by atoms with van der Waals surface area (Å²) in [6, 6.07) is 12.8. The Morgan fingerprint density at radius 3 is 2.66 bits per heavy atom. The molecule has 0 radical (unpaired) electrons. The Labute approximate surface area is 219 Å². The molecule has 5 rings (SSSR count). The van der Waals surface area contributed by atoms with Crippen molar-refractivity contribution in [1.82, 2.24) is 28.9 Å². The number of para-hydroxylation sites is 1. The van der Waals surface area contributed by atoms with Gasteiger partial charge in [-0.25, -0.2) is 9.97 Å². The fourth-order valence-corrected chi connectivity index (χ4v) is 4.70. The van der Waals surface area contributed by atoms with Crippen molar-refractivity contribution in [3.63, 3.8) is 0 Å². The van der Waals surface area contributed by atoms with E-state index in [2.05, 4.69) is 25.0 Å². The van der Waals surface area contributed by atoms with Crippen LogP contribution in [-0.2, 0) is 19.6 Å². The lowest BCUT2D eigenvalue weighted by molar-refractivity contribution is 0.0996. The minimum absolute atomic E-state index is 0.294. The van der Waals surface area contributed by atoms with Crippen molar-refractivity contribution in [2.45, 2.75) is 46.3 Å². The molecular weight excluding hydrogens is 484 g/mol. The van der Waals surface area contributed by atoms with Gasteiger partial charge in [-0.2, -0.15) is 5.10 Å². The van der Waals surface area contributed by atoms with Crippen LogP contribution in [0.2, 0.25) is 0 Å². The van der Waals surface area contributed by atoms with E-state index in [0.29, 0.717) is 35.8 Å². The van der Waals surface area contributed by atoms with Crippen molar-refractivity contribution in [2.24, 2.45) is 5.73 Å². The number of anilines is 1. The van der Waals surface area contributed by atoms with Crippen molar-refractivity contribution >= 4 is 39.8 Å². The summed E-state index contributed by atoms with van der Waals surface area (Å²) in [5, 5.41) is 7.32. The van der Waals surface area contributed by atoms with E-state index in [1.165, 1.54) is 0 Å². The summed E-state index contributed by atoms with van der Waals surface area (Å²) < 4.78 is 11.2. The van der Waals surface area contributed by atoms with Gasteiger partial charge >= 0.3 is 0 Å². The van der Waals surface area contributed by atoms with Crippen molar-refractivity contribution in [3.8, 4) is 5.75 Å². The largest absolute Gasteiger partial charge is 0.494 e. The van der Waals surface area contributed by atoms with Gasteiger partial charge in [0.1, 0.15) is 17.0 Å². The van der Waals surface area contributed by atoms with Crippen LogP contribution in [0.4, 0.5) is 5.95 Å². The summed E-state index contributed by atoms with van der Waals surface area (Å²) in [6.45, 7) is 5.75. The number of hydrogen-bond acceptors (Lipinski definition) is 6. The topological polar surface area (TPSA) is 135 Å². The predicted molar refractivity (Wildman–Crippen MR) is 144 cm³/mol. The molecule has 0 bridgehead atoms. The van der Waals surface area contributed by atoms with Crippen LogP contribution in [0.1, 0.15) is 46.3 Å². The van der Waals surface area contributed by atoms with Crippen LogP contribution in [0.3, 0.4) is 0 Å². The molecule has 0 aliphatic heterocycles. The zero-order valence-electron chi connectivity index (χ0n) is 21.6. The predicted octanol–water partition coefficient (Wildman–Crippen LogP) is 3.75. The third-order valence-electron chi connectivity index (χ3n) is 6.56. The molecule has 3 heterocycles. The third kappa shape index (κ3) is 4.70. The minimum Gasteiger partial charge on any atom is -0.494 e. The Bertz CT molecular complexity index is 1650. The monoisotopic (exact) mass is 514 g/mol. The Balaban J connectivity index is 1.37. The number of methoxy groups -OCH3 is 1. The molecule has 11 nitrogen and oxygen atoms in total. The molecule has 0 spiro atoms. The molecule has 0 atom stereocenters. The third-order valence-corrected chi connectivity index (χ3v) is 6.56. The van der Waals surface area contributed by atoms with Gasteiger partial charge < -0.3 is 19.6 Å². The Hall–Kier alpha value is -4.67. The number of nitrogens with one attached hydrogen (secondary N) is 1. The summed E-state index contributed by atoms with van der Waals surface area (Å²) >= 11 is 0. The van der Waals surface area contributed by atoms with Gasteiger partial charge in [-0.15, -0.1) is 0 Å². The lowest BCUT2D eigenvalue weighted by Crippen LogP contribution is -2.20. The molecule has 2 amide bonds. The second kappa shape index (κ2) is 10.4. The van der Waals surface area contributed by atoms with Crippen LogP contribution in [0.15, 0.2) is 48.8 Å². The molecule has 0 saturated heterocycles. The summed E-state index contributed by atoms with van der Waals surface area (Å²) in [5.74, 6) is 0.337. The maximum absolute atomic E-state index is 13.2. The lowest BCUT2D eigenvalue weighted by atomic mass is 10.2. The van der Waals surface area contributed by atoms with E-state index < -0.39 is 5.91 Å². The van der Waals surface area contributed by atoms with Crippen LogP contribution in [0.5, 0.6) is 5.75 Å². The molecular formula is C27H30N8O3. The van der Waals surface area contributed by atoms with Crippen molar-refractivity contribution in [3.05, 3.63) is 65.7 Å². The number of nitrogens with two attached hydrogens (primary N) is 1. The maximum Gasteiger partial charge on any atom is 0.276 e. The molecule has 3 aromatic heterocycles. The van der Waals surface area contributed by atoms with Crippen molar-refractivity contribution in [2.75, 3.05) is 12.4 Å². The molecule has 0 aliphatic carbocycles. The lowest BCUT2D eigenvalue weighted by Gasteiger charge is -2.11. The van der Waals surface area contributed by atoms with Gasteiger partial charge in [0.05, 0.1) is 35.7 Å². The highest BCUT2D eigenvalue weighted by atomic mass is 16.5. The molecule has 11 heteroatoms. The molecule has 5 aromatic rings. The van der Waals surface area contributed by atoms with E-state index in [-0.39, 0.29) is 5.91 Å². The zero-order chi connectivity index (χ0) is 26.8. The summed E-state index contributed by atoms with van der Waals surface area (Å²) in [4.78, 5) is 34.0. The highest BCUT2D eigenvalue weighted by molar-refractivity contribution is 6.03. The van der Waals surface area contributed by atoms with Crippen molar-refractivity contribution < 1.29 is 14.3 Å². The number of benzene rings is 2. The first-order chi connectivity index (χ1) is 18.4. The summed E-state index contributed by atoms with van der Waals surface area (Å²) in [7, 11) is 1.64. The van der Waals surface area contributed by atoms with Gasteiger partial charge in [0, 0.05) is 25.2 Å². The number of rotatable bonds is 10. The number of ether oxygens (including phenoxy) is 1. The number of aryl methyl sites for hydroxylation is 4. The summed E-state index contributed by atoms with van der Waals surface area (Å²) in [6.07, 6.45) is 3.52. The normalized spacial score (nSPS) is 11.3. The smallest absolute Gasteiger partial charge is 0.276 e. The van der Waals surface area contributed by atoms with E-state index >= 15 is 0 Å². The molecule has 0 fully saturated rings. The number of amides is 2. The first-order valence-corrected chi connectivity index (χ1v) is 12.5. The zero-order valence-corrected chi connectivity index (χ0v) is 21.6. The van der Waals surface area contributed by atoms with Crippen LogP contribution >= 0.6 is 0 Å². The minimum atomic E-state index is -0.529. The maximum atomic E-state index is 13.2. The van der Waals surface area contributed by atoms with Gasteiger partial charge in [-0.1, -0.05) is 6.07 Å². The van der Waals surface area contributed by atoms with E-state index in [4.69, 9.17) is 10.5 Å². The van der Waals surface area contributed by atoms with Crippen LogP contribution in [0.25, 0.3) is 22.1 Å². The number of aromatic nitrogens is 6. The van der Waals surface area contributed by atoms with Crippen LogP contribution in [-0.4, -0.2) is 47.8 Å². The quantitative estimate of drug-likeness (QED) is 0.273. The first kappa shape index (κ1) is 25.0. The Morgan fingerprint density at radius 2 is 1.89 bits per heavy atom. The highest BCUT2D eigenvalue weighted by Gasteiger charge is 2.19. The van der Waals surface area contributed by atoms with E-state index in [9.17, 15) is 9.59 Å². The molecule has 2 aromatic carbocycles. The number of carbonyl (C=O) groups is 2. The molecule has 3 N–H and O–H groups in total. The summed E-state index contributed by atoms with van der Waals surface area (Å²) in [5.41, 5.74) is 10.3. The fraction of sp³-hybridized carbons (Fsp3) is 0.296. The van der Waals surface area contributed by atoms with Gasteiger partial charge in [0.25, 0.3) is 5.91 Å². The van der Waals surface area contributed by atoms with Crippen molar-refractivity contribution in [1.29, 1.82) is 0 Å². The van der Waals surface area contributed by atoms with E-state index in [1.807, 2.05) is 49.0 Å². The number of imidazole rings is 2. The molecule has 38 heavy (non-hydrogen) atoms. The Morgan fingerprint density at radius 1 is 1.08 bits per heavy atom. The van der Waals surface area contributed by atoms with Crippen LogP contribution in [0, 0.1) is 6.92 Å². The average molecular weight is 515 g/mol. The Kier molecular flexibility index (Phi) is 6.82. The molecule has 0 unspecified atom stereocenters. The standard InChI is InChI=1S/C27H30N8O3/c1-4-35-22(14-17(2)32-35)26(37)31-27-30-19-15-18(25(28)36)10-11-20(19)34(27)13-6-5-12-33-16-29-24-21(33)8-7-9-23(24)38-3/h7-11,14-16H,4-6,12-13H2,1-3H3,(H2,28,36)(H,30,31,37). The SMILES string of the molecule is CCn1nc(C)cc1C(=O)Nc1nc2cc(C(N)=O)ccc2n1CCCCn1cnc2c(OC)cccc21. The number of carbonyl (C=O) groups excluding carboxylic acids is 2. The molecule has 0 saturated carbocycles. The number of unbranched alkanes of at least 4 members (excludes halogenated alkanes) is 1. The number of nitrogens with zero attached hydrogens (tertiary/aromatic N) is 6.